The van der Waals surface area contributed by atoms with Gasteiger partial charge in [-0.2, -0.15) is 0 Å². The van der Waals surface area contributed by atoms with Crippen LogP contribution < -0.4 is 15.6 Å². The molecule has 0 bridgehead atoms. The number of ether oxygens (including phenoxy) is 1. The molecule has 1 heterocycles. The van der Waals surface area contributed by atoms with Gasteiger partial charge in [0.25, 0.3) is 0 Å². The molecule has 5 nitrogen and oxygen atoms in total. The minimum absolute atomic E-state index is 0.129. The lowest BCUT2D eigenvalue weighted by Gasteiger charge is -2.27. The molecule has 0 aromatic heterocycles. The van der Waals surface area contributed by atoms with E-state index in [2.05, 4.69) is 5.73 Å². The molecule has 0 radical (unpaired) electrons. The van der Waals surface area contributed by atoms with Crippen LogP contribution in [0.4, 0.5) is 0 Å². The number of carbonyl (C=O) groups excluding carboxylic acids is 2. The average molecular weight is 360 g/mol. The number of rotatable bonds is 0. The summed E-state index contributed by atoms with van der Waals surface area (Å²) >= 11 is 6.05. The molecule has 25 heavy (non-hydrogen) atoms. The highest BCUT2D eigenvalue weighted by atomic mass is 35.5. The van der Waals surface area contributed by atoms with Crippen LogP contribution in [0.25, 0.3) is 11.1 Å². The Kier molecular flexibility index (Phi) is 4.79. The van der Waals surface area contributed by atoms with E-state index < -0.39 is 5.97 Å². The fraction of sp³-hybridized carbons (Fsp3) is 0.263. The number of carboxylic acid groups (broad SMARTS) is 1. The first-order valence-corrected chi connectivity index (χ1v) is 8.38. The number of benzene rings is 2. The van der Waals surface area contributed by atoms with Gasteiger partial charge >= 0.3 is 0 Å². The van der Waals surface area contributed by atoms with Crippen LogP contribution in [-0.4, -0.2) is 17.8 Å². The highest BCUT2D eigenvalue weighted by molar-refractivity contribution is 6.30. The first kappa shape index (κ1) is 17.5. The minimum atomic E-state index is -1.08. The summed E-state index contributed by atoms with van der Waals surface area (Å²) in [5.74, 6) is -0.0906. The smallest absolute Gasteiger partial charge is 0.220 e. The van der Waals surface area contributed by atoms with Crippen LogP contribution in [0.2, 0.25) is 5.02 Å². The molecule has 3 N–H and O–H groups in total. The van der Waals surface area contributed by atoms with Gasteiger partial charge in [-0.05, 0) is 48.7 Å². The number of carbonyl (C=O) groups is 2. The molecule has 0 saturated carbocycles. The number of fused-ring (bicyclic) bond motifs is 5. The van der Waals surface area contributed by atoms with Gasteiger partial charge in [0.2, 0.25) is 5.78 Å². The first-order valence-electron chi connectivity index (χ1n) is 8.01. The third-order valence-corrected chi connectivity index (χ3v) is 4.60. The monoisotopic (exact) mass is 359 g/mol. The van der Waals surface area contributed by atoms with Gasteiger partial charge in [-0.1, -0.05) is 17.7 Å². The van der Waals surface area contributed by atoms with Crippen molar-refractivity contribution in [2.75, 3.05) is 0 Å². The number of aliphatic carboxylic acids is 1. The maximum absolute atomic E-state index is 12.3. The molecule has 1 unspecified atom stereocenters. The molecule has 130 valence electrons. The van der Waals surface area contributed by atoms with Gasteiger partial charge in [0.05, 0.1) is 0 Å². The second kappa shape index (κ2) is 6.86. The van der Waals surface area contributed by atoms with Crippen molar-refractivity contribution in [2.24, 2.45) is 0 Å². The van der Waals surface area contributed by atoms with Crippen molar-refractivity contribution >= 4 is 23.4 Å². The quantitative estimate of drug-likeness (QED) is 0.769. The molecule has 1 aliphatic heterocycles. The van der Waals surface area contributed by atoms with Crippen molar-refractivity contribution in [2.45, 2.75) is 32.4 Å². The lowest BCUT2D eigenvalue weighted by Crippen LogP contribution is -2.66. The third kappa shape index (κ3) is 3.38. The van der Waals surface area contributed by atoms with Crippen molar-refractivity contribution in [1.82, 2.24) is 0 Å². The Balaban J connectivity index is 0.000000415. The maximum atomic E-state index is 12.3. The Hall–Kier alpha value is -2.37. The van der Waals surface area contributed by atoms with Crippen LogP contribution >= 0.6 is 11.6 Å². The highest BCUT2D eigenvalue weighted by Crippen LogP contribution is 2.43. The summed E-state index contributed by atoms with van der Waals surface area (Å²) in [6.45, 7) is 1.47. The van der Waals surface area contributed by atoms with E-state index >= 15 is 0 Å². The van der Waals surface area contributed by atoms with Gasteiger partial charge in [-0.3, -0.25) is 4.79 Å². The lowest BCUT2D eigenvalue weighted by atomic mass is 9.83. The van der Waals surface area contributed by atoms with Crippen LogP contribution in [-0.2, 0) is 17.8 Å². The summed E-state index contributed by atoms with van der Waals surface area (Å²) < 4.78 is 5.96. The molecule has 6 heteroatoms. The fourth-order valence-corrected chi connectivity index (χ4v) is 3.44. The van der Waals surface area contributed by atoms with Gasteiger partial charge < -0.3 is 20.4 Å². The lowest BCUT2D eigenvalue weighted by molar-refractivity contribution is -0.400. The van der Waals surface area contributed by atoms with Crippen LogP contribution in [0.1, 0.15) is 34.8 Å². The van der Waals surface area contributed by atoms with Gasteiger partial charge in [0.15, 0.2) is 0 Å². The SMILES string of the molecule is CC(=O)[O-].[NH3+]C1CCc2c(ccc3c2OCc2cc(Cl)ccc2-3)C1=O. The van der Waals surface area contributed by atoms with Gasteiger partial charge in [0, 0.05) is 34.1 Å². The zero-order valence-electron chi connectivity index (χ0n) is 13.8. The number of quaternary nitrogens is 1. The van der Waals surface area contributed by atoms with E-state index in [0.717, 1.165) is 53.3 Å². The molecule has 1 aliphatic carbocycles. The van der Waals surface area contributed by atoms with Crippen LogP contribution in [0.5, 0.6) is 5.75 Å². The van der Waals surface area contributed by atoms with Gasteiger partial charge in [-0.25, -0.2) is 0 Å². The second-order valence-electron chi connectivity index (χ2n) is 6.15. The van der Waals surface area contributed by atoms with Crippen molar-refractivity contribution in [1.29, 1.82) is 0 Å². The van der Waals surface area contributed by atoms with Gasteiger partial charge in [0.1, 0.15) is 18.4 Å². The number of hydrogen-bond acceptors (Lipinski definition) is 4. The van der Waals surface area contributed by atoms with E-state index in [1.807, 2.05) is 30.3 Å². The van der Waals surface area contributed by atoms with E-state index in [1.165, 1.54) is 0 Å². The molecule has 0 saturated heterocycles. The molecule has 0 spiro atoms. The summed E-state index contributed by atoms with van der Waals surface area (Å²) in [4.78, 5) is 21.1. The maximum Gasteiger partial charge on any atom is 0.220 e. The molecule has 2 aromatic rings. The van der Waals surface area contributed by atoms with Crippen molar-refractivity contribution in [3.63, 3.8) is 0 Å². The molecule has 0 amide bonds. The number of carboxylic acids is 1. The normalized spacial score (nSPS) is 17.2. The number of halogens is 1. The van der Waals surface area contributed by atoms with Crippen LogP contribution in [0.15, 0.2) is 30.3 Å². The number of hydrogen-bond donors (Lipinski definition) is 1. The van der Waals surface area contributed by atoms with E-state index in [9.17, 15) is 4.79 Å². The predicted molar refractivity (Wildman–Crippen MR) is 91.2 cm³/mol. The Bertz CT molecular complexity index is 859. The van der Waals surface area contributed by atoms with E-state index in [-0.39, 0.29) is 11.8 Å². The summed E-state index contributed by atoms with van der Waals surface area (Å²) in [5, 5.41) is 9.61. The second-order valence-corrected chi connectivity index (χ2v) is 6.59. The van der Waals surface area contributed by atoms with Gasteiger partial charge in [-0.15, -0.1) is 0 Å². The topological polar surface area (TPSA) is 94.1 Å². The Morgan fingerprint density at radius 1 is 1.24 bits per heavy atom. The van der Waals surface area contributed by atoms with E-state index in [1.54, 1.807) is 0 Å². The fourth-order valence-electron chi connectivity index (χ4n) is 3.25. The predicted octanol–water partition coefficient (Wildman–Crippen LogP) is 1.40. The Morgan fingerprint density at radius 2 is 1.88 bits per heavy atom. The molecular formula is C19H18ClNO4. The van der Waals surface area contributed by atoms with Crippen molar-refractivity contribution in [3.05, 3.63) is 52.0 Å². The molecule has 4 rings (SSSR count). The Morgan fingerprint density at radius 3 is 2.60 bits per heavy atom. The summed E-state index contributed by atoms with van der Waals surface area (Å²) in [6.07, 6.45) is 1.64. The van der Waals surface area contributed by atoms with E-state index in [0.29, 0.717) is 11.6 Å². The van der Waals surface area contributed by atoms with Crippen molar-refractivity contribution < 1.29 is 25.2 Å². The highest BCUT2D eigenvalue weighted by Gasteiger charge is 2.32. The average Bonchev–Trinajstić information content (AvgIpc) is 2.56. The molecule has 0 fully saturated rings. The Labute approximate surface area is 150 Å². The number of ketones is 1. The summed E-state index contributed by atoms with van der Waals surface area (Å²) in [7, 11) is 0. The van der Waals surface area contributed by atoms with Crippen LogP contribution in [0, 0.1) is 0 Å². The molecule has 1 atom stereocenters. The van der Waals surface area contributed by atoms with E-state index in [4.69, 9.17) is 26.2 Å². The zero-order chi connectivity index (χ0) is 18.1. The number of Topliss-reactive ketones (excluding diaryl/α,β-unsaturated/α-hetero) is 1. The standard InChI is InChI=1S/C17H14ClNO2.C2H4O2/c18-10-1-2-11-9(7-10)8-21-17-13(11)4-3-12-14(17)5-6-15(19)16(12)20;1-2(3)4/h1-4,7,15H,5-6,8,19H2;1H3,(H,3,4). The molecule has 2 aliphatic rings. The summed E-state index contributed by atoms with van der Waals surface area (Å²) in [5.41, 5.74) is 9.04. The molecular weight excluding hydrogens is 342 g/mol. The molecule has 2 aromatic carbocycles. The van der Waals surface area contributed by atoms with Crippen molar-refractivity contribution in [3.8, 4) is 16.9 Å². The first-order chi connectivity index (χ1) is 11.9. The zero-order valence-corrected chi connectivity index (χ0v) is 14.6. The van der Waals surface area contributed by atoms with Crippen LogP contribution in [0.3, 0.4) is 0 Å². The third-order valence-electron chi connectivity index (χ3n) is 4.37. The minimum Gasteiger partial charge on any atom is -0.550 e. The largest absolute Gasteiger partial charge is 0.550 e. The summed E-state index contributed by atoms with van der Waals surface area (Å²) in [6, 6.07) is 9.63.